The van der Waals surface area contributed by atoms with Crippen LogP contribution in [0.2, 0.25) is 0 Å². The molecule has 0 aliphatic heterocycles. The summed E-state index contributed by atoms with van der Waals surface area (Å²) in [5.74, 6) is 1.33. The largest absolute Gasteiger partial charge is 0.324 e. The van der Waals surface area contributed by atoms with E-state index in [4.69, 9.17) is 11.6 Å². The Hall–Kier alpha value is -1.14. The molecule has 5 nitrogen and oxygen atoms in total. The first kappa shape index (κ1) is 14.3. The van der Waals surface area contributed by atoms with Crippen molar-refractivity contribution in [2.75, 3.05) is 17.9 Å². The van der Waals surface area contributed by atoms with Gasteiger partial charge in [0.2, 0.25) is 0 Å². The molecule has 2 rings (SSSR count). The van der Waals surface area contributed by atoms with E-state index < -0.39 is 9.84 Å². The molecule has 2 heterocycles. The molecule has 0 spiro atoms. The summed E-state index contributed by atoms with van der Waals surface area (Å²) in [4.78, 5) is 8.51. The molecule has 0 aliphatic rings. The quantitative estimate of drug-likeness (QED) is 0.790. The minimum Gasteiger partial charge on any atom is -0.324 e. The van der Waals surface area contributed by atoms with Gasteiger partial charge in [-0.3, -0.25) is 4.98 Å². The van der Waals surface area contributed by atoms with E-state index >= 15 is 0 Å². The summed E-state index contributed by atoms with van der Waals surface area (Å²) >= 11 is 5.79. The predicted octanol–water partition coefficient (Wildman–Crippen LogP) is 1.82. The normalized spacial score (nSPS) is 13.8. The number of pyridine rings is 1. The molecular weight excluding hydrogens is 286 g/mol. The summed E-state index contributed by atoms with van der Waals surface area (Å²) in [7, 11) is -3.05. The Morgan fingerprint density at radius 3 is 2.84 bits per heavy atom. The van der Waals surface area contributed by atoms with Crippen LogP contribution in [0, 0.1) is 0 Å². The topological polar surface area (TPSA) is 64.8 Å². The van der Waals surface area contributed by atoms with Gasteiger partial charge in [-0.15, -0.1) is 11.6 Å². The van der Waals surface area contributed by atoms with Crippen LogP contribution in [0.5, 0.6) is 0 Å². The van der Waals surface area contributed by atoms with Crippen molar-refractivity contribution in [3.8, 4) is 0 Å². The van der Waals surface area contributed by atoms with Crippen molar-refractivity contribution in [3.63, 3.8) is 0 Å². The van der Waals surface area contributed by atoms with Crippen molar-refractivity contribution >= 4 is 32.5 Å². The molecule has 1 unspecified atom stereocenters. The molecule has 0 radical (unpaired) electrons. The Morgan fingerprint density at radius 1 is 1.47 bits per heavy atom. The van der Waals surface area contributed by atoms with Crippen molar-refractivity contribution < 1.29 is 8.42 Å². The highest BCUT2D eigenvalue weighted by Gasteiger charge is 2.18. The second kappa shape index (κ2) is 5.46. The molecule has 0 saturated heterocycles. The predicted molar refractivity (Wildman–Crippen MR) is 76.4 cm³/mol. The number of hydrogen-bond acceptors (Lipinski definition) is 4. The minimum absolute atomic E-state index is 0.0794. The maximum atomic E-state index is 11.5. The second-order valence-corrected chi connectivity index (χ2v) is 7.21. The zero-order valence-corrected chi connectivity index (χ0v) is 12.4. The van der Waals surface area contributed by atoms with Gasteiger partial charge in [0, 0.05) is 30.8 Å². The fourth-order valence-corrected chi connectivity index (χ4v) is 3.46. The smallest absolute Gasteiger partial charge is 0.149 e. The Labute approximate surface area is 117 Å². The van der Waals surface area contributed by atoms with Crippen LogP contribution in [0.3, 0.4) is 0 Å². The molecule has 1 atom stereocenters. The van der Waals surface area contributed by atoms with Gasteiger partial charge in [-0.05, 0) is 13.0 Å². The van der Waals surface area contributed by atoms with E-state index in [2.05, 4.69) is 9.97 Å². The summed E-state index contributed by atoms with van der Waals surface area (Å²) in [5, 5.41) is 0. The molecule has 104 valence electrons. The van der Waals surface area contributed by atoms with Gasteiger partial charge >= 0.3 is 0 Å². The van der Waals surface area contributed by atoms with Crippen LogP contribution in [-0.4, -0.2) is 40.8 Å². The van der Waals surface area contributed by atoms with E-state index in [9.17, 15) is 8.42 Å². The van der Waals surface area contributed by atoms with E-state index in [0.29, 0.717) is 12.3 Å². The molecule has 19 heavy (non-hydrogen) atoms. The standard InChI is InChI=1S/C12H16ClN3O2S/c1-9(8-19(2,17)18)16-11-4-6-14-7-10(11)15-12(16)3-5-13/h4,6-7,9H,3,5,8H2,1-2H3. The SMILES string of the molecule is CC(CS(C)(=O)=O)n1c(CCCl)nc2cnccc21. The molecule has 0 N–H and O–H groups in total. The number of aromatic nitrogens is 3. The second-order valence-electron chi connectivity index (χ2n) is 4.64. The van der Waals surface area contributed by atoms with Gasteiger partial charge in [-0.2, -0.15) is 0 Å². The highest BCUT2D eigenvalue weighted by Crippen LogP contribution is 2.22. The van der Waals surface area contributed by atoms with E-state index in [1.54, 1.807) is 12.4 Å². The number of nitrogens with zero attached hydrogens (tertiary/aromatic N) is 3. The first-order valence-electron chi connectivity index (χ1n) is 5.97. The van der Waals surface area contributed by atoms with Gasteiger partial charge in [-0.1, -0.05) is 0 Å². The van der Waals surface area contributed by atoms with Crippen LogP contribution in [0.25, 0.3) is 11.0 Å². The number of hydrogen-bond donors (Lipinski definition) is 0. The molecule has 0 fully saturated rings. The van der Waals surface area contributed by atoms with Crippen molar-refractivity contribution in [2.24, 2.45) is 0 Å². The number of rotatable bonds is 5. The van der Waals surface area contributed by atoms with Gasteiger partial charge in [0.05, 0.1) is 17.5 Å². The number of halogens is 1. The third-order valence-corrected chi connectivity index (χ3v) is 4.14. The average molecular weight is 302 g/mol. The van der Waals surface area contributed by atoms with Crippen LogP contribution in [-0.2, 0) is 16.3 Å². The molecule has 2 aromatic heterocycles. The fourth-order valence-electron chi connectivity index (χ4n) is 2.27. The first-order chi connectivity index (χ1) is 8.92. The zero-order valence-electron chi connectivity index (χ0n) is 10.9. The summed E-state index contributed by atoms with van der Waals surface area (Å²) in [6.07, 6.45) is 5.20. The zero-order chi connectivity index (χ0) is 14.0. The Kier molecular flexibility index (Phi) is 4.10. The highest BCUT2D eigenvalue weighted by molar-refractivity contribution is 7.90. The molecular formula is C12H16ClN3O2S. The number of fused-ring (bicyclic) bond motifs is 1. The van der Waals surface area contributed by atoms with Crippen molar-refractivity contribution in [2.45, 2.75) is 19.4 Å². The number of imidazole rings is 1. The molecule has 0 aromatic carbocycles. The molecule has 0 saturated carbocycles. The van der Waals surface area contributed by atoms with Gasteiger partial charge in [0.1, 0.15) is 21.2 Å². The van der Waals surface area contributed by atoms with E-state index in [-0.39, 0.29) is 11.8 Å². The molecule has 2 aromatic rings. The summed E-state index contributed by atoms with van der Waals surface area (Å²) in [6.45, 7) is 1.88. The van der Waals surface area contributed by atoms with Gasteiger partial charge in [0.15, 0.2) is 0 Å². The van der Waals surface area contributed by atoms with E-state index in [1.165, 1.54) is 6.26 Å². The van der Waals surface area contributed by atoms with Gasteiger partial charge in [-0.25, -0.2) is 13.4 Å². The lowest BCUT2D eigenvalue weighted by atomic mass is 10.3. The van der Waals surface area contributed by atoms with Crippen LogP contribution >= 0.6 is 11.6 Å². The van der Waals surface area contributed by atoms with Crippen LogP contribution in [0.4, 0.5) is 0 Å². The maximum Gasteiger partial charge on any atom is 0.149 e. The van der Waals surface area contributed by atoms with E-state index in [0.717, 1.165) is 16.9 Å². The third kappa shape index (κ3) is 3.25. The van der Waals surface area contributed by atoms with Crippen molar-refractivity contribution in [1.29, 1.82) is 0 Å². The highest BCUT2D eigenvalue weighted by atomic mass is 35.5. The number of sulfone groups is 1. The number of alkyl halides is 1. The summed E-state index contributed by atoms with van der Waals surface area (Å²) < 4.78 is 24.9. The van der Waals surface area contributed by atoms with Gasteiger partial charge in [0.25, 0.3) is 0 Å². The Balaban J connectivity index is 2.52. The molecule has 0 aliphatic carbocycles. The lowest BCUT2D eigenvalue weighted by molar-refractivity contribution is 0.557. The lowest BCUT2D eigenvalue weighted by Gasteiger charge is -2.16. The van der Waals surface area contributed by atoms with Gasteiger partial charge < -0.3 is 4.57 Å². The Morgan fingerprint density at radius 2 is 2.21 bits per heavy atom. The number of aryl methyl sites for hydroxylation is 1. The third-order valence-electron chi connectivity index (χ3n) is 2.87. The lowest BCUT2D eigenvalue weighted by Crippen LogP contribution is -2.18. The van der Waals surface area contributed by atoms with Crippen molar-refractivity contribution in [1.82, 2.24) is 14.5 Å². The Bertz CT molecular complexity index is 681. The average Bonchev–Trinajstić information content (AvgIpc) is 2.65. The first-order valence-corrected chi connectivity index (χ1v) is 8.56. The molecule has 7 heteroatoms. The fraction of sp³-hybridized carbons (Fsp3) is 0.500. The van der Waals surface area contributed by atoms with Crippen LogP contribution < -0.4 is 0 Å². The molecule has 0 bridgehead atoms. The summed E-state index contributed by atoms with van der Waals surface area (Å²) in [5.41, 5.74) is 1.66. The monoisotopic (exact) mass is 301 g/mol. The summed E-state index contributed by atoms with van der Waals surface area (Å²) in [6, 6.07) is 1.67. The van der Waals surface area contributed by atoms with Crippen molar-refractivity contribution in [3.05, 3.63) is 24.3 Å². The van der Waals surface area contributed by atoms with E-state index in [1.807, 2.05) is 17.6 Å². The maximum absolute atomic E-state index is 11.5. The van der Waals surface area contributed by atoms with Crippen LogP contribution in [0.15, 0.2) is 18.5 Å². The minimum atomic E-state index is -3.05. The molecule has 0 amide bonds. The van der Waals surface area contributed by atoms with Crippen LogP contribution in [0.1, 0.15) is 18.8 Å².